The minimum atomic E-state index is 0.183. The van der Waals surface area contributed by atoms with Crippen molar-refractivity contribution in [1.29, 1.82) is 0 Å². The molecule has 1 aromatic carbocycles. The average Bonchev–Trinajstić information content (AvgIpc) is 2.87. The molecule has 1 atom stereocenters. The number of ether oxygens (including phenoxy) is 1. The number of hydrogen-bond donors (Lipinski definition) is 1. The van der Waals surface area contributed by atoms with Crippen molar-refractivity contribution in [2.24, 2.45) is 0 Å². The molecule has 0 radical (unpaired) electrons. The summed E-state index contributed by atoms with van der Waals surface area (Å²) in [6, 6.07) is 7.19. The molecule has 3 heteroatoms. The summed E-state index contributed by atoms with van der Waals surface area (Å²) >= 11 is 0. The van der Waals surface area contributed by atoms with E-state index in [0.29, 0.717) is 6.04 Å². The highest BCUT2D eigenvalue weighted by Gasteiger charge is 2.38. The van der Waals surface area contributed by atoms with Crippen molar-refractivity contribution in [3.8, 4) is 5.75 Å². The van der Waals surface area contributed by atoms with Crippen LogP contribution in [0.5, 0.6) is 5.75 Å². The van der Waals surface area contributed by atoms with Gasteiger partial charge < -0.3 is 10.1 Å². The van der Waals surface area contributed by atoms with Crippen LogP contribution in [0, 0.1) is 0 Å². The first-order valence-corrected chi connectivity index (χ1v) is 8.30. The minimum absolute atomic E-state index is 0.183. The molecule has 0 saturated carbocycles. The lowest BCUT2D eigenvalue weighted by atomic mass is 9.98. The van der Waals surface area contributed by atoms with E-state index in [1.807, 2.05) is 0 Å². The van der Waals surface area contributed by atoms with Crippen LogP contribution >= 0.6 is 0 Å². The van der Waals surface area contributed by atoms with E-state index in [9.17, 15) is 0 Å². The fourth-order valence-corrected chi connectivity index (χ4v) is 3.87. The van der Waals surface area contributed by atoms with Crippen LogP contribution in [0.2, 0.25) is 0 Å². The van der Waals surface area contributed by atoms with Crippen LogP contribution in [-0.2, 0) is 13.0 Å². The highest BCUT2D eigenvalue weighted by atomic mass is 16.5. The number of rotatable bonds is 4. The lowest BCUT2D eigenvalue weighted by Gasteiger charge is -2.38. The Kier molecular flexibility index (Phi) is 4.23. The first-order valence-electron chi connectivity index (χ1n) is 8.30. The molecule has 2 aliphatic rings. The quantitative estimate of drug-likeness (QED) is 0.922. The molecule has 1 N–H and O–H groups in total. The number of benzene rings is 1. The van der Waals surface area contributed by atoms with E-state index in [1.165, 1.54) is 30.5 Å². The number of fused-ring (bicyclic) bond motifs is 1. The van der Waals surface area contributed by atoms with E-state index in [-0.39, 0.29) is 5.54 Å². The van der Waals surface area contributed by atoms with E-state index in [4.69, 9.17) is 4.74 Å². The van der Waals surface area contributed by atoms with Crippen molar-refractivity contribution in [3.63, 3.8) is 0 Å². The van der Waals surface area contributed by atoms with E-state index < -0.39 is 0 Å². The molecule has 0 aliphatic carbocycles. The van der Waals surface area contributed by atoms with Crippen LogP contribution in [0.3, 0.4) is 0 Å². The van der Waals surface area contributed by atoms with Crippen molar-refractivity contribution >= 4 is 0 Å². The summed E-state index contributed by atoms with van der Waals surface area (Å²) in [6.45, 7) is 11.0. The van der Waals surface area contributed by atoms with Gasteiger partial charge in [0.25, 0.3) is 0 Å². The Morgan fingerprint density at radius 1 is 1.33 bits per heavy atom. The summed E-state index contributed by atoms with van der Waals surface area (Å²) in [5.41, 5.74) is 3.05. The molecular weight excluding hydrogens is 260 g/mol. The molecule has 3 nitrogen and oxygen atoms in total. The molecule has 3 rings (SSSR count). The molecule has 116 valence electrons. The zero-order chi connectivity index (χ0) is 14.9. The van der Waals surface area contributed by atoms with Crippen molar-refractivity contribution in [2.45, 2.75) is 58.2 Å². The van der Waals surface area contributed by atoms with Gasteiger partial charge in [-0.2, -0.15) is 0 Å². The molecular formula is C18H28N2O. The molecule has 0 aromatic heterocycles. The van der Waals surface area contributed by atoms with Crippen molar-refractivity contribution in [2.75, 3.05) is 19.7 Å². The molecule has 1 unspecified atom stereocenters. The van der Waals surface area contributed by atoms with Gasteiger partial charge in [0.05, 0.1) is 5.54 Å². The second kappa shape index (κ2) is 5.98. The van der Waals surface area contributed by atoms with Crippen molar-refractivity contribution in [3.05, 3.63) is 29.3 Å². The van der Waals surface area contributed by atoms with Crippen LogP contribution in [0.15, 0.2) is 18.2 Å². The number of nitrogens with one attached hydrogen (secondary N) is 1. The molecule has 2 heterocycles. The lowest BCUT2D eigenvalue weighted by Crippen LogP contribution is -2.49. The van der Waals surface area contributed by atoms with Crippen LogP contribution in [0.1, 0.15) is 44.7 Å². The minimum Gasteiger partial charge on any atom is -0.492 e. The van der Waals surface area contributed by atoms with Crippen LogP contribution in [0.25, 0.3) is 0 Å². The third kappa shape index (κ3) is 3.09. The normalized spacial score (nSPS) is 26.1. The summed E-state index contributed by atoms with van der Waals surface area (Å²) in [7, 11) is 0. The lowest BCUT2D eigenvalue weighted by molar-refractivity contribution is 0.0663. The van der Waals surface area contributed by atoms with Crippen LogP contribution < -0.4 is 10.1 Å². The summed E-state index contributed by atoms with van der Waals surface area (Å²) in [6.07, 6.45) is 3.65. The Morgan fingerprint density at radius 2 is 2.19 bits per heavy atom. The predicted molar refractivity (Wildman–Crippen MR) is 86.8 cm³/mol. The number of hydrogen-bond acceptors (Lipinski definition) is 3. The summed E-state index contributed by atoms with van der Waals surface area (Å²) in [4.78, 5) is 2.59. The highest BCUT2D eigenvalue weighted by molar-refractivity contribution is 5.37. The molecule has 0 bridgehead atoms. The van der Waals surface area contributed by atoms with Crippen molar-refractivity contribution in [1.82, 2.24) is 10.2 Å². The third-order valence-electron chi connectivity index (χ3n) is 5.05. The summed E-state index contributed by atoms with van der Waals surface area (Å²) < 4.78 is 6.17. The van der Waals surface area contributed by atoms with Gasteiger partial charge in [-0.25, -0.2) is 0 Å². The fourth-order valence-electron chi connectivity index (χ4n) is 3.87. The standard InChI is InChI=1S/C18H28N2O/c1-14(2)20-10-4-8-18(20,3)13-21-17-6-5-15-7-9-19-12-16(15)11-17/h5-6,11,14,19H,4,7-10,12-13H2,1-3H3. The van der Waals surface area contributed by atoms with Gasteiger partial charge in [-0.1, -0.05) is 6.07 Å². The predicted octanol–water partition coefficient (Wildman–Crippen LogP) is 2.97. The van der Waals surface area contributed by atoms with Gasteiger partial charge in [0.15, 0.2) is 0 Å². The second-order valence-electron chi connectivity index (χ2n) is 7.03. The smallest absolute Gasteiger partial charge is 0.119 e. The molecule has 1 fully saturated rings. The Balaban J connectivity index is 1.67. The van der Waals surface area contributed by atoms with Gasteiger partial charge >= 0.3 is 0 Å². The summed E-state index contributed by atoms with van der Waals surface area (Å²) in [5.74, 6) is 1.02. The number of nitrogens with zero attached hydrogens (tertiary/aromatic N) is 1. The Hall–Kier alpha value is -1.06. The molecule has 0 amide bonds. The average molecular weight is 288 g/mol. The maximum atomic E-state index is 6.17. The SMILES string of the molecule is CC(C)N1CCCC1(C)COc1ccc2c(c1)CNCC2. The van der Waals surface area contributed by atoms with Gasteiger partial charge in [-0.3, -0.25) is 4.90 Å². The molecule has 1 aromatic rings. The second-order valence-corrected chi connectivity index (χ2v) is 7.03. The highest BCUT2D eigenvalue weighted by Crippen LogP contribution is 2.32. The van der Waals surface area contributed by atoms with Gasteiger partial charge in [0.2, 0.25) is 0 Å². The zero-order valence-electron chi connectivity index (χ0n) is 13.6. The Labute approximate surface area is 128 Å². The van der Waals surface area contributed by atoms with Gasteiger partial charge in [-0.05, 0) is 76.4 Å². The molecule has 1 saturated heterocycles. The maximum absolute atomic E-state index is 6.17. The van der Waals surface area contributed by atoms with Gasteiger partial charge in [0.1, 0.15) is 12.4 Å². The zero-order valence-corrected chi connectivity index (χ0v) is 13.6. The summed E-state index contributed by atoms with van der Waals surface area (Å²) in [5, 5.41) is 3.43. The maximum Gasteiger partial charge on any atom is 0.119 e. The third-order valence-corrected chi connectivity index (χ3v) is 5.05. The van der Waals surface area contributed by atoms with Crippen LogP contribution in [-0.4, -0.2) is 36.2 Å². The molecule has 2 aliphatic heterocycles. The Morgan fingerprint density at radius 3 is 3.00 bits per heavy atom. The van der Waals surface area contributed by atoms with E-state index in [1.54, 1.807) is 0 Å². The first-order chi connectivity index (χ1) is 10.1. The largest absolute Gasteiger partial charge is 0.492 e. The van der Waals surface area contributed by atoms with E-state index in [2.05, 4.69) is 49.2 Å². The molecule has 21 heavy (non-hydrogen) atoms. The monoisotopic (exact) mass is 288 g/mol. The fraction of sp³-hybridized carbons (Fsp3) is 0.667. The topological polar surface area (TPSA) is 24.5 Å². The van der Waals surface area contributed by atoms with E-state index in [0.717, 1.165) is 31.9 Å². The van der Waals surface area contributed by atoms with Gasteiger partial charge in [-0.15, -0.1) is 0 Å². The van der Waals surface area contributed by atoms with E-state index >= 15 is 0 Å². The van der Waals surface area contributed by atoms with Crippen LogP contribution in [0.4, 0.5) is 0 Å². The molecule has 0 spiro atoms. The van der Waals surface area contributed by atoms with Crippen molar-refractivity contribution < 1.29 is 4.74 Å². The first kappa shape index (κ1) is 14.9. The Bertz CT molecular complexity index is 500. The number of likely N-dealkylation sites (tertiary alicyclic amines) is 1. The van der Waals surface area contributed by atoms with Gasteiger partial charge in [0, 0.05) is 12.6 Å².